The molecule has 1 aromatic rings. The molecule has 1 unspecified atom stereocenters. The molecule has 0 bridgehead atoms. The van der Waals surface area contributed by atoms with Gasteiger partial charge in [0.1, 0.15) is 5.69 Å². The first-order chi connectivity index (χ1) is 8.02. The summed E-state index contributed by atoms with van der Waals surface area (Å²) in [6.45, 7) is 3.14. The number of nitrogens with zero attached hydrogens (tertiary/aromatic N) is 1. The lowest BCUT2D eigenvalue weighted by atomic mass is 10.0. The third-order valence-electron chi connectivity index (χ3n) is 2.83. The molecule has 17 heavy (non-hydrogen) atoms. The highest BCUT2D eigenvalue weighted by Gasteiger charge is 2.32. The van der Waals surface area contributed by atoms with Crippen LogP contribution in [0, 0.1) is 10.1 Å². The standard InChI is InChI=1S/C11H13ClN2O3/c1-11(5-6-17-7-11)13-10-8(12)3-2-4-9(10)14(15)16/h2-4,13H,5-7H2,1H3. The first-order valence-electron chi connectivity index (χ1n) is 5.31. The highest BCUT2D eigenvalue weighted by atomic mass is 35.5. The van der Waals surface area contributed by atoms with Gasteiger partial charge >= 0.3 is 0 Å². The van der Waals surface area contributed by atoms with Crippen molar-refractivity contribution in [2.45, 2.75) is 18.9 Å². The van der Waals surface area contributed by atoms with Gasteiger partial charge in [0.2, 0.25) is 0 Å². The zero-order valence-corrected chi connectivity index (χ0v) is 10.2. The van der Waals surface area contributed by atoms with Gasteiger partial charge in [0.25, 0.3) is 5.69 Å². The van der Waals surface area contributed by atoms with Crippen LogP contribution in [0.2, 0.25) is 5.02 Å². The summed E-state index contributed by atoms with van der Waals surface area (Å²) in [5, 5.41) is 14.4. The number of anilines is 1. The van der Waals surface area contributed by atoms with E-state index in [4.69, 9.17) is 16.3 Å². The summed E-state index contributed by atoms with van der Waals surface area (Å²) in [6, 6.07) is 4.64. The van der Waals surface area contributed by atoms with Crippen LogP contribution in [-0.4, -0.2) is 23.7 Å². The van der Waals surface area contributed by atoms with E-state index in [1.54, 1.807) is 12.1 Å². The summed E-state index contributed by atoms with van der Waals surface area (Å²) in [6.07, 6.45) is 0.801. The summed E-state index contributed by atoms with van der Waals surface area (Å²) >= 11 is 6.01. The van der Waals surface area contributed by atoms with Crippen LogP contribution >= 0.6 is 11.6 Å². The Morgan fingerprint density at radius 2 is 2.35 bits per heavy atom. The summed E-state index contributed by atoms with van der Waals surface area (Å²) < 4.78 is 5.30. The van der Waals surface area contributed by atoms with Crippen molar-refractivity contribution >= 4 is 23.0 Å². The van der Waals surface area contributed by atoms with Gasteiger partial charge in [0.15, 0.2) is 0 Å². The number of benzene rings is 1. The maximum Gasteiger partial charge on any atom is 0.293 e. The molecule has 1 atom stereocenters. The molecule has 0 aromatic heterocycles. The summed E-state index contributed by atoms with van der Waals surface area (Å²) in [5.74, 6) is 0. The van der Waals surface area contributed by atoms with Gasteiger partial charge in [-0.15, -0.1) is 0 Å². The van der Waals surface area contributed by atoms with Crippen molar-refractivity contribution in [1.82, 2.24) is 0 Å². The van der Waals surface area contributed by atoms with Gasteiger partial charge in [-0.05, 0) is 19.4 Å². The molecule has 0 aliphatic carbocycles. The van der Waals surface area contributed by atoms with Crippen molar-refractivity contribution in [3.05, 3.63) is 33.3 Å². The fraction of sp³-hybridized carbons (Fsp3) is 0.455. The summed E-state index contributed by atoms with van der Waals surface area (Å²) in [5.41, 5.74) is 0.0632. The van der Waals surface area contributed by atoms with Crippen LogP contribution in [0.15, 0.2) is 18.2 Å². The highest BCUT2D eigenvalue weighted by Crippen LogP contribution is 2.35. The van der Waals surface area contributed by atoms with Gasteiger partial charge in [-0.3, -0.25) is 10.1 Å². The number of nitro groups is 1. The minimum absolute atomic E-state index is 0.00868. The molecular weight excluding hydrogens is 244 g/mol. The molecule has 0 radical (unpaired) electrons. The number of para-hydroxylation sites is 1. The average molecular weight is 257 g/mol. The fourth-order valence-electron chi connectivity index (χ4n) is 1.86. The van der Waals surface area contributed by atoms with E-state index in [9.17, 15) is 10.1 Å². The Labute approximate surface area is 104 Å². The molecule has 92 valence electrons. The second-order valence-electron chi connectivity index (χ2n) is 4.38. The lowest BCUT2D eigenvalue weighted by Gasteiger charge is -2.25. The van der Waals surface area contributed by atoms with E-state index < -0.39 is 4.92 Å². The molecule has 1 N–H and O–H groups in total. The van der Waals surface area contributed by atoms with E-state index in [1.807, 2.05) is 6.92 Å². The Bertz CT molecular complexity index is 444. The summed E-state index contributed by atoms with van der Waals surface area (Å²) in [7, 11) is 0. The van der Waals surface area contributed by atoms with E-state index in [0.717, 1.165) is 6.42 Å². The normalized spacial score (nSPS) is 23.6. The number of ether oxygens (including phenoxy) is 1. The molecule has 0 amide bonds. The van der Waals surface area contributed by atoms with Crippen molar-refractivity contribution in [3.63, 3.8) is 0 Å². The highest BCUT2D eigenvalue weighted by molar-refractivity contribution is 6.33. The lowest BCUT2D eigenvalue weighted by Crippen LogP contribution is -2.35. The van der Waals surface area contributed by atoms with Gasteiger partial charge in [-0.25, -0.2) is 0 Å². The Balaban J connectivity index is 2.34. The smallest absolute Gasteiger partial charge is 0.293 e. The molecule has 1 heterocycles. The number of hydrogen-bond acceptors (Lipinski definition) is 4. The first kappa shape index (κ1) is 12.1. The minimum atomic E-state index is -0.437. The van der Waals surface area contributed by atoms with Crippen molar-refractivity contribution in [2.24, 2.45) is 0 Å². The number of halogens is 1. The van der Waals surface area contributed by atoms with Crippen LogP contribution in [0.3, 0.4) is 0 Å². The zero-order chi connectivity index (χ0) is 12.5. The van der Waals surface area contributed by atoms with Crippen LogP contribution in [0.5, 0.6) is 0 Å². The SMILES string of the molecule is CC1(Nc2c(Cl)cccc2[N+](=O)[O-])CCOC1. The Morgan fingerprint density at radius 1 is 1.59 bits per heavy atom. The van der Waals surface area contributed by atoms with Gasteiger partial charge in [0.05, 0.1) is 22.1 Å². The van der Waals surface area contributed by atoms with E-state index >= 15 is 0 Å². The van der Waals surface area contributed by atoms with Crippen LogP contribution in [0.1, 0.15) is 13.3 Å². The fourth-order valence-corrected chi connectivity index (χ4v) is 2.07. The molecule has 1 aromatic carbocycles. The quantitative estimate of drug-likeness (QED) is 0.667. The third-order valence-corrected chi connectivity index (χ3v) is 3.15. The van der Waals surface area contributed by atoms with Gasteiger partial charge in [-0.1, -0.05) is 17.7 Å². The topological polar surface area (TPSA) is 64.4 Å². The monoisotopic (exact) mass is 256 g/mol. The van der Waals surface area contributed by atoms with Crippen LogP contribution < -0.4 is 5.32 Å². The molecule has 1 aliphatic heterocycles. The van der Waals surface area contributed by atoms with Crippen molar-refractivity contribution in [2.75, 3.05) is 18.5 Å². The molecule has 0 saturated carbocycles. The van der Waals surface area contributed by atoms with E-state index in [0.29, 0.717) is 23.9 Å². The largest absolute Gasteiger partial charge is 0.379 e. The molecule has 1 fully saturated rings. The molecule has 1 saturated heterocycles. The Morgan fingerprint density at radius 3 is 2.94 bits per heavy atom. The maximum atomic E-state index is 10.9. The van der Waals surface area contributed by atoms with E-state index in [2.05, 4.69) is 5.32 Å². The lowest BCUT2D eigenvalue weighted by molar-refractivity contribution is -0.384. The second kappa shape index (κ2) is 4.50. The second-order valence-corrected chi connectivity index (χ2v) is 4.79. The van der Waals surface area contributed by atoms with Gasteiger partial charge < -0.3 is 10.1 Å². The Hall–Kier alpha value is -1.33. The average Bonchev–Trinajstić information content (AvgIpc) is 2.68. The molecular formula is C11H13ClN2O3. The molecule has 6 heteroatoms. The van der Waals surface area contributed by atoms with Crippen LogP contribution in [0.4, 0.5) is 11.4 Å². The van der Waals surface area contributed by atoms with Crippen molar-refractivity contribution in [3.8, 4) is 0 Å². The first-order valence-corrected chi connectivity index (χ1v) is 5.68. The molecule has 5 nitrogen and oxygen atoms in total. The zero-order valence-electron chi connectivity index (χ0n) is 9.40. The molecule has 0 spiro atoms. The maximum absolute atomic E-state index is 10.9. The Kier molecular flexibility index (Phi) is 3.22. The number of rotatable bonds is 3. The van der Waals surface area contributed by atoms with Crippen LogP contribution in [0.25, 0.3) is 0 Å². The number of nitrogens with one attached hydrogen (secondary N) is 1. The third kappa shape index (κ3) is 2.50. The number of nitro benzene ring substituents is 1. The van der Waals surface area contributed by atoms with Gasteiger partial charge in [-0.2, -0.15) is 0 Å². The number of hydrogen-bond donors (Lipinski definition) is 1. The van der Waals surface area contributed by atoms with Crippen molar-refractivity contribution in [1.29, 1.82) is 0 Å². The van der Waals surface area contributed by atoms with E-state index in [-0.39, 0.29) is 11.2 Å². The van der Waals surface area contributed by atoms with Gasteiger partial charge in [0, 0.05) is 12.7 Å². The van der Waals surface area contributed by atoms with E-state index in [1.165, 1.54) is 6.07 Å². The predicted octanol–water partition coefficient (Wildman–Crippen LogP) is 2.84. The minimum Gasteiger partial charge on any atom is -0.379 e. The summed E-state index contributed by atoms with van der Waals surface area (Å²) in [4.78, 5) is 10.5. The molecule has 2 rings (SSSR count). The molecule has 1 aliphatic rings. The van der Waals surface area contributed by atoms with Crippen LogP contribution in [-0.2, 0) is 4.74 Å². The predicted molar refractivity (Wildman–Crippen MR) is 65.6 cm³/mol. The van der Waals surface area contributed by atoms with Crippen molar-refractivity contribution < 1.29 is 9.66 Å².